The number of hydrogen-bond donors (Lipinski definition) is 1. The zero-order valence-corrected chi connectivity index (χ0v) is 23.7. The second kappa shape index (κ2) is 13.8. The first-order valence-electron chi connectivity index (χ1n) is 13.1. The van der Waals surface area contributed by atoms with Gasteiger partial charge in [-0.2, -0.15) is 0 Å². The van der Waals surface area contributed by atoms with Gasteiger partial charge >= 0.3 is 0 Å². The van der Waals surface area contributed by atoms with E-state index in [-0.39, 0.29) is 23.4 Å². The van der Waals surface area contributed by atoms with Gasteiger partial charge in [0.05, 0.1) is 17.2 Å². The Morgan fingerprint density at radius 3 is 2.03 bits per heavy atom. The van der Waals surface area contributed by atoms with Crippen LogP contribution in [0.15, 0.2) is 89.8 Å². The third-order valence-electron chi connectivity index (χ3n) is 6.41. The number of para-hydroxylation sites is 1. The summed E-state index contributed by atoms with van der Waals surface area (Å²) in [6, 6.07) is 23.0. The van der Waals surface area contributed by atoms with E-state index in [2.05, 4.69) is 5.32 Å². The summed E-state index contributed by atoms with van der Waals surface area (Å²) in [7, 11) is -4.13. The third kappa shape index (κ3) is 7.83. The second-order valence-electron chi connectivity index (χ2n) is 9.25. The molecule has 0 fully saturated rings. The maximum atomic E-state index is 13.9. The Morgan fingerprint density at radius 1 is 0.872 bits per heavy atom. The number of sulfonamides is 1. The molecular formula is C30H37N3O5S. The van der Waals surface area contributed by atoms with E-state index >= 15 is 0 Å². The van der Waals surface area contributed by atoms with Gasteiger partial charge in [-0.15, -0.1) is 0 Å². The van der Waals surface area contributed by atoms with E-state index in [9.17, 15) is 18.0 Å². The molecule has 9 heteroatoms. The second-order valence-corrected chi connectivity index (χ2v) is 11.1. The van der Waals surface area contributed by atoms with Crippen molar-refractivity contribution < 1.29 is 22.7 Å². The van der Waals surface area contributed by atoms with Crippen molar-refractivity contribution in [1.29, 1.82) is 0 Å². The molecular weight excluding hydrogens is 514 g/mol. The van der Waals surface area contributed by atoms with Crippen LogP contribution >= 0.6 is 0 Å². The molecule has 0 saturated heterocycles. The Labute approximate surface area is 231 Å². The molecule has 0 aliphatic heterocycles. The molecule has 3 aromatic carbocycles. The normalized spacial score (nSPS) is 12.7. The molecule has 0 spiro atoms. The molecule has 0 unspecified atom stereocenters. The fraction of sp³-hybridized carbons (Fsp3) is 0.333. The Balaban J connectivity index is 1.97. The lowest BCUT2D eigenvalue weighted by atomic mass is 10.1. The predicted molar refractivity (Wildman–Crippen MR) is 153 cm³/mol. The predicted octanol–water partition coefficient (Wildman–Crippen LogP) is 4.61. The number of hydrogen-bond acceptors (Lipinski definition) is 5. The third-order valence-corrected chi connectivity index (χ3v) is 8.20. The van der Waals surface area contributed by atoms with Crippen molar-refractivity contribution in [3.05, 3.63) is 90.5 Å². The lowest BCUT2D eigenvalue weighted by Gasteiger charge is -2.32. The minimum absolute atomic E-state index is 0.0276. The number of ether oxygens (including phenoxy) is 1. The van der Waals surface area contributed by atoms with Gasteiger partial charge in [0.2, 0.25) is 11.8 Å². The zero-order valence-electron chi connectivity index (χ0n) is 22.9. The molecule has 3 aromatic rings. The highest BCUT2D eigenvalue weighted by atomic mass is 32.2. The van der Waals surface area contributed by atoms with Crippen LogP contribution in [0.2, 0.25) is 0 Å². The number of nitrogens with one attached hydrogen (secondary N) is 1. The number of amides is 2. The van der Waals surface area contributed by atoms with Gasteiger partial charge in [-0.25, -0.2) is 8.42 Å². The standard InChI is InChI=1S/C30H37N3O5S/c1-5-23(3)31-30(35)24(4)32(21-25-13-9-7-10-14-25)29(34)22-33(26-15-11-8-12-16-26)39(36,37)28-19-17-27(18-20-28)38-6-2/h7-20,23-24H,5-6,21-22H2,1-4H3,(H,31,35)/t23-,24+/m0/s1. The molecule has 2 atom stereocenters. The van der Waals surface area contributed by atoms with Crippen molar-refractivity contribution in [1.82, 2.24) is 10.2 Å². The maximum absolute atomic E-state index is 13.9. The summed E-state index contributed by atoms with van der Waals surface area (Å²) in [5.41, 5.74) is 1.17. The minimum atomic E-state index is -4.13. The highest BCUT2D eigenvalue weighted by molar-refractivity contribution is 7.92. The highest BCUT2D eigenvalue weighted by Gasteiger charge is 2.32. The van der Waals surface area contributed by atoms with Gasteiger partial charge in [0, 0.05) is 12.6 Å². The highest BCUT2D eigenvalue weighted by Crippen LogP contribution is 2.26. The van der Waals surface area contributed by atoms with Crippen LogP contribution in [0.5, 0.6) is 5.75 Å². The largest absolute Gasteiger partial charge is 0.494 e. The first-order chi connectivity index (χ1) is 18.7. The van der Waals surface area contributed by atoms with Gasteiger partial charge in [0.15, 0.2) is 0 Å². The van der Waals surface area contributed by atoms with Gasteiger partial charge < -0.3 is 15.0 Å². The summed E-state index contributed by atoms with van der Waals surface area (Å²) < 4.78 is 34.2. The van der Waals surface area contributed by atoms with Crippen LogP contribution in [-0.4, -0.2) is 50.4 Å². The van der Waals surface area contributed by atoms with E-state index < -0.39 is 28.5 Å². The topological polar surface area (TPSA) is 96.0 Å². The number of benzene rings is 3. The molecule has 0 aromatic heterocycles. The van der Waals surface area contributed by atoms with Crippen molar-refractivity contribution in [2.24, 2.45) is 0 Å². The van der Waals surface area contributed by atoms with Gasteiger partial charge in [-0.1, -0.05) is 55.5 Å². The Bertz CT molecular complexity index is 1320. The van der Waals surface area contributed by atoms with Crippen molar-refractivity contribution in [2.45, 2.75) is 57.6 Å². The Hall–Kier alpha value is -3.85. The monoisotopic (exact) mass is 551 g/mol. The molecule has 2 amide bonds. The van der Waals surface area contributed by atoms with E-state index in [0.717, 1.165) is 16.3 Å². The molecule has 0 radical (unpaired) electrons. The van der Waals surface area contributed by atoms with Crippen LogP contribution in [0.25, 0.3) is 0 Å². The average molecular weight is 552 g/mol. The first kappa shape index (κ1) is 29.7. The van der Waals surface area contributed by atoms with Crippen LogP contribution in [0.3, 0.4) is 0 Å². The van der Waals surface area contributed by atoms with Crippen LogP contribution in [0.1, 0.15) is 39.7 Å². The summed E-state index contributed by atoms with van der Waals surface area (Å²) in [4.78, 5) is 28.4. The quantitative estimate of drug-likeness (QED) is 0.335. The van der Waals surface area contributed by atoms with Crippen molar-refractivity contribution in [3.63, 3.8) is 0 Å². The van der Waals surface area contributed by atoms with Crippen molar-refractivity contribution in [3.8, 4) is 5.75 Å². The molecule has 3 rings (SSSR count). The van der Waals surface area contributed by atoms with Gasteiger partial charge in [-0.3, -0.25) is 13.9 Å². The smallest absolute Gasteiger partial charge is 0.264 e. The molecule has 0 bridgehead atoms. The molecule has 0 heterocycles. The lowest BCUT2D eigenvalue weighted by Crippen LogP contribution is -2.52. The van der Waals surface area contributed by atoms with Crippen molar-refractivity contribution in [2.75, 3.05) is 17.5 Å². The fourth-order valence-electron chi connectivity index (χ4n) is 3.95. The van der Waals surface area contributed by atoms with Gasteiger partial charge in [0.1, 0.15) is 18.3 Å². The van der Waals surface area contributed by atoms with Crippen LogP contribution < -0.4 is 14.4 Å². The minimum Gasteiger partial charge on any atom is -0.494 e. The summed E-state index contributed by atoms with van der Waals surface area (Å²) in [6.45, 7) is 7.50. The molecule has 0 aliphatic rings. The first-order valence-corrected chi connectivity index (χ1v) is 14.6. The van der Waals surface area contributed by atoms with Crippen LogP contribution in [-0.2, 0) is 26.2 Å². The lowest BCUT2D eigenvalue weighted by molar-refractivity contribution is -0.139. The van der Waals surface area contributed by atoms with Gasteiger partial charge in [0.25, 0.3) is 10.0 Å². The molecule has 8 nitrogen and oxygen atoms in total. The fourth-order valence-corrected chi connectivity index (χ4v) is 5.37. The van der Waals surface area contributed by atoms with Gasteiger partial charge in [-0.05, 0) is 69.2 Å². The van der Waals surface area contributed by atoms with Crippen LogP contribution in [0.4, 0.5) is 5.69 Å². The summed E-state index contributed by atoms with van der Waals surface area (Å²) in [5.74, 6) is -0.243. The number of carbonyl (C=O) groups excluding carboxylic acids is 2. The molecule has 1 N–H and O–H groups in total. The average Bonchev–Trinajstić information content (AvgIpc) is 2.95. The maximum Gasteiger partial charge on any atom is 0.264 e. The van der Waals surface area contributed by atoms with Crippen molar-refractivity contribution >= 4 is 27.5 Å². The number of anilines is 1. The summed E-state index contributed by atoms with van der Waals surface area (Å²) >= 11 is 0. The SMILES string of the molecule is CCOc1ccc(S(=O)(=O)N(CC(=O)N(Cc2ccccc2)[C@H](C)C(=O)N[C@@H](C)CC)c2ccccc2)cc1. The zero-order chi connectivity index (χ0) is 28.4. The van der Waals surface area contributed by atoms with E-state index in [1.54, 1.807) is 49.4 Å². The molecule has 39 heavy (non-hydrogen) atoms. The van der Waals surface area contributed by atoms with E-state index in [1.165, 1.54) is 17.0 Å². The Kier molecular flexibility index (Phi) is 10.5. The van der Waals surface area contributed by atoms with E-state index in [0.29, 0.717) is 18.0 Å². The number of rotatable bonds is 13. The van der Waals surface area contributed by atoms with E-state index in [1.807, 2.05) is 51.1 Å². The molecule has 0 saturated carbocycles. The Morgan fingerprint density at radius 2 is 1.46 bits per heavy atom. The van der Waals surface area contributed by atoms with Crippen LogP contribution in [0, 0.1) is 0 Å². The number of carbonyl (C=O) groups is 2. The molecule has 208 valence electrons. The van der Waals surface area contributed by atoms with E-state index in [4.69, 9.17) is 4.74 Å². The molecule has 0 aliphatic carbocycles. The number of nitrogens with zero attached hydrogens (tertiary/aromatic N) is 2. The summed E-state index contributed by atoms with van der Waals surface area (Å²) in [5, 5.41) is 2.93. The summed E-state index contributed by atoms with van der Waals surface area (Å²) in [6.07, 6.45) is 0.743.